The van der Waals surface area contributed by atoms with Crippen LogP contribution in [0.15, 0.2) is 52.0 Å². The molecule has 0 bridgehead atoms. The van der Waals surface area contributed by atoms with Crippen molar-refractivity contribution in [1.29, 1.82) is 0 Å². The van der Waals surface area contributed by atoms with E-state index in [-0.39, 0.29) is 28.5 Å². The van der Waals surface area contributed by atoms with E-state index >= 15 is 0 Å². The number of anilines is 1. The molecule has 0 aliphatic carbocycles. The third-order valence-corrected chi connectivity index (χ3v) is 7.77. The van der Waals surface area contributed by atoms with Crippen molar-refractivity contribution in [3.63, 3.8) is 0 Å². The number of carbonyl (C=O) groups is 1. The Bertz CT molecular complexity index is 1360. The summed E-state index contributed by atoms with van der Waals surface area (Å²) < 4.78 is 59.6. The summed E-state index contributed by atoms with van der Waals surface area (Å²) in [4.78, 5) is 14.9. The third-order valence-electron chi connectivity index (χ3n) is 6.30. The number of methoxy groups -OCH3 is 1. The third kappa shape index (κ3) is 5.10. The Balaban J connectivity index is 1.69. The number of hydrogen-bond donors (Lipinski definition) is 1. The van der Waals surface area contributed by atoms with E-state index < -0.39 is 21.8 Å². The monoisotopic (exact) mass is 516 g/mol. The molecule has 1 N–H and O–H groups in total. The van der Waals surface area contributed by atoms with Gasteiger partial charge in [-0.15, -0.1) is 0 Å². The lowest BCUT2D eigenvalue weighted by Gasteiger charge is -2.22. The van der Waals surface area contributed by atoms with Crippen LogP contribution >= 0.6 is 0 Å². The molecule has 0 radical (unpaired) electrons. The van der Waals surface area contributed by atoms with Crippen LogP contribution < -0.4 is 9.46 Å². The molecule has 0 saturated carbocycles. The van der Waals surface area contributed by atoms with Gasteiger partial charge >= 0.3 is 5.97 Å². The molecule has 2 heterocycles. The van der Waals surface area contributed by atoms with Crippen molar-refractivity contribution in [2.24, 2.45) is 0 Å². The molecule has 1 aromatic heterocycles. The molecule has 0 unspecified atom stereocenters. The van der Waals surface area contributed by atoms with Gasteiger partial charge in [-0.05, 0) is 74.4 Å². The lowest BCUT2D eigenvalue weighted by Crippen LogP contribution is -2.24. The van der Waals surface area contributed by atoms with Crippen LogP contribution in [0.5, 0.6) is 5.75 Å². The van der Waals surface area contributed by atoms with Crippen molar-refractivity contribution in [1.82, 2.24) is 4.90 Å². The van der Waals surface area contributed by atoms with Crippen LogP contribution in [-0.2, 0) is 27.8 Å². The lowest BCUT2D eigenvalue weighted by molar-refractivity contribution is 0.0596. The highest BCUT2D eigenvalue weighted by molar-refractivity contribution is 7.92. The predicted octanol–water partition coefficient (Wildman–Crippen LogP) is 4.84. The summed E-state index contributed by atoms with van der Waals surface area (Å²) in [7, 11) is -2.97. The fraction of sp³-hybridized carbons (Fsp3) is 0.346. The van der Waals surface area contributed by atoms with Crippen LogP contribution in [0.4, 0.5) is 10.1 Å². The molecule has 3 aromatic rings. The van der Waals surface area contributed by atoms with Gasteiger partial charge in [0.1, 0.15) is 29.5 Å². The number of benzene rings is 2. The summed E-state index contributed by atoms with van der Waals surface area (Å²) in [6.45, 7) is 6.72. The average molecular weight is 517 g/mol. The number of rotatable bonds is 10. The fourth-order valence-electron chi connectivity index (χ4n) is 4.40. The van der Waals surface area contributed by atoms with Crippen molar-refractivity contribution < 1.29 is 31.5 Å². The minimum absolute atomic E-state index is 0.00552. The number of carbonyl (C=O) groups excluding carboxylic acids is 1. The number of furan rings is 1. The summed E-state index contributed by atoms with van der Waals surface area (Å²) in [5.74, 6) is -0.461. The largest absolute Gasteiger partial charge is 0.484 e. The Morgan fingerprint density at radius 2 is 1.92 bits per heavy atom. The zero-order chi connectivity index (χ0) is 25.9. The van der Waals surface area contributed by atoms with E-state index in [4.69, 9.17) is 13.9 Å². The Labute approximate surface area is 210 Å². The molecule has 0 spiro atoms. The van der Waals surface area contributed by atoms with Gasteiger partial charge in [0.2, 0.25) is 0 Å². The highest BCUT2D eigenvalue weighted by Gasteiger charge is 2.30. The molecule has 36 heavy (non-hydrogen) atoms. The van der Waals surface area contributed by atoms with Gasteiger partial charge in [-0.2, -0.15) is 0 Å². The number of esters is 1. The molecule has 0 saturated heterocycles. The number of fused-ring (bicyclic) bond motifs is 3. The second-order valence-corrected chi connectivity index (χ2v) is 10.0. The van der Waals surface area contributed by atoms with Crippen molar-refractivity contribution >= 4 is 21.7 Å². The zero-order valence-electron chi connectivity index (χ0n) is 20.5. The van der Waals surface area contributed by atoms with Gasteiger partial charge in [-0.1, -0.05) is 13.8 Å². The van der Waals surface area contributed by atoms with E-state index in [1.54, 1.807) is 12.1 Å². The maximum absolute atomic E-state index is 14.1. The highest BCUT2D eigenvalue weighted by atomic mass is 32.2. The lowest BCUT2D eigenvalue weighted by atomic mass is 9.98. The Kier molecular flexibility index (Phi) is 7.65. The molecule has 8 nitrogen and oxygen atoms in total. The van der Waals surface area contributed by atoms with Crippen LogP contribution in [0.3, 0.4) is 0 Å². The van der Waals surface area contributed by atoms with Gasteiger partial charge < -0.3 is 18.8 Å². The first-order chi connectivity index (χ1) is 17.3. The quantitative estimate of drug-likeness (QED) is 0.385. The van der Waals surface area contributed by atoms with Crippen LogP contribution in [0.25, 0.3) is 11.1 Å². The molecular formula is C26H29FN2O6S. The zero-order valence-corrected chi connectivity index (χ0v) is 21.3. The molecule has 4 rings (SSSR count). The summed E-state index contributed by atoms with van der Waals surface area (Å²) >= 11 is 0. The Morgan fingerprint density at radius 1 is 1.14 bits per heavy atom. The summed E-state index contributed by atoms with van der Waals surface area (Å²) in [5, 5.41) is 0. The number of sulfonamides is 1. The van der Waals surface area contributed by atoms with Crippen LogP contribution in [0.2, 0.25) is 0 Å². The Morgan fingerprint density at radius 3 is 2.64 bits per heavy atom. The van der Waals surface area contributed by atoms with Crippen LogP contribution in [0, 0.1) is 5.82 Å². The maximum atomic E-state index is 14.1. The number of nitrogens with one attached hydrogen (secondary N) is 1. The molecule has 0 fully saturated rings. The van der Waals surface area contributed by atoms with Gasteiger partial charge in [0, 0.05) is 11.1 Å². The predicted molar refractivity (Wildman–Crippen MR) is 133 cm³/mol. The van der Waals surface area contributed by atoms with Gasteiger partial charge in [0.15, 0.2) is 0 Å². The minimum atomic E-state index is -4.18. The molecule has 192 valence electrons. The Hall–Kier alpha value is -3.37. The SMILES string of the molecule is CCN(CC)CCCc1cc(F)ccc1S(=O)(=O)Nc1ccc2c(c1C(=O)OC)OCc1occc1-2. The first kappa shape index (κ1) is 25.7. The molecule has 1 aliphatic heterocycles. The van der Waals surface area contributed by atoms with Crippen molar-refractivity contribution in [2.45, 2.75) is 38.2 Å². The van der Waals surface area contributed by atoms with E-state index in [9.17, 15) is 17.6 Å². The van der Waals surface area contributed by atoms with Crippen LogP contribution in [0.1, 0.15) is 41.9 Å². The molecule has 10 heteroatoms. The van der Waals surface area contributed by atoms with Gasteiger partial charge in [-0.25, -0.2) is 17.6 Å². The van der Waals surface area contributed by atoms with E-state index in [2.05, 4.69) is 23.5 Å². The van der Waals surface area contributed by atoms with E-state index in [0.29, 0.717) is 29.7 Å². The van der Waals surface area contributed by atoms with Crippen LogP contribution in [-0.4, -0.2) is 46.0 Å². The molecule has 0 amide bonds. The molecular weight excluding hydrogens is 487 g/mol. The first-order valence-electron chi connectivity index (χ1n) is 11.8. The summed E-state index contributed by atoms with van der Waals surface area (Å²) in [6, 6.07) is 8.49. The van der Waals surface area contributed by atoms with E-state index in [1.807, 2.05) is 0 Å². The van der Waals surface area contributed by atoms with Crippen molar-refractivity contribution in [3.8, 4) is 16.9 Å². The molecule has 1 aliphatic rings. The van der Waals surface area contributed by atoms with Gasteiger partial charge in [0.05, 0.1) is 24.0 Å². The first-order valence-corrected chi connectivity index (χ1v) is 13.3. The minimum Gasteiger partial charge on any atom is -0.484 e. The maximum Gasteiger partial charge on any atom is 0.343 e. The van der Waals surface area contributed by atoms with E-state index in [0.717, 1.165) is 31.3 Å². The smallest absolute Gasteiger partial charge is 0.343 e. The van der Waals surface area contributed by atoms with Crippen molar-refractivity contribution in [2.75, 3.05) is 31.5 Å². The van der Waals surface area contributed by atoms with Crippen molar-refractivity contribution in [3.05, 3.63) is 65.4 Å². The summed E-state index contributed by atoms with van der Waals surface area (Å²) in [5.41, 5.74) is 1.67. The average Bonchev–Trinajstić information content (AvgIpc) is 3.35. The van der Waals surface area contributed by atoms with Gasteiger partial charge in [-0.3, -0.25) is 4.72 Å². The normalized spacial score (nSPS) is 12.6. The highest BCUT2D eigenvalue weighted by Crippen LogP contribution is 2.43. The second kappa shape index (κ2) is 10.7. The fourth-order valence-corrected chi connectivity index (χ4v) is 5.73. The number of nitrogens with zero attached hydrogens (tertiary/aromatic N) is 1. The number of halogens is 1. The number of aryl methyl sites for hydroxylation is 1. The second-order valence-electron chi connectivity index (χ2n) is 8.39. The molecule has 0 atom stereocenters. The number of hydrogen-bond acceptors (Lipinski definition) is 7. The number of ether oxygens (including phenoxy) is 2. The standard InChI is InChI=1S/C26H29FN2O6S/c1-4-29(5-2)13-6-7-17-15-18(27)8-11-23(17)36(31,32)28-21-10-9-20-19-12-14-34-22(19)16-35-25(20)24(21)26(30)33-3/h8-12,14-15,28H,4-7,13,16H2,1-3H3. The van der Waals surface area contributed by atoms with Gasteiger partial charge in [0.25, 0.3) is 10.0 Å². The molecule has 2 aromatic carbocycles. The summed E-state index contributed by atoms with van der Waals surface area (Å²) in [6.07, 6.45) is 2.57. The topological polar surface area (TPSA) is 98.1 Å². The van der Waals surface area contributed by atoms with E-state index in [1.165, 1.54) is 31.6 Å².